The van der Waals surface area contributed by atoms with Crippen LogP contribution in [0.15, 0.2) is 102 Å². The maximum atomic E-state index is 11.2. The fourth-order valence-corrected chi connectivity index (χ4v) is 6.05. The Morgan fingerprint density at radius 2 is 1.55 bits per heavy atom. The van der Waals surface area contributed by atoms with Crippen molar-refractivity contribution in [2.75, 3.05) is 5.75 Å². The lowest BCUT2D eigenvalue weighted by Gasteiger charge is -2.41. The molecule has 206 valence electrons. The molecule has 0 spiro atoms. The number of benzene rings is 4. The van der Waals surface area contributed by atoms with E-state index in [1.54, 1.807) is 23.9 Å². The molecule has 1 aliphatic heterocycles. The molecule has 7 heteroatoms. The summed E-state index contributed by atoms with van der Waals surface area (Å²) in [5.41, 5.74) is 12.3. The zero-order chi connectivity index (χ0) is 28.1. The molecule has 0 bridgehead atoms. The van der Waals surface area contributed by atoms with Crippen LogP contribution < -0.4 is 5.73 Å². The molecule has 4 atom stereocenters. The normalized spacial score (nSPS) is 20.8. The van der Waals surface area contributed by atoms with Crippen molar-refractivity contribution in [2.24, 2.45) is 11.7 Å². The van der Waals surface area contributed by atoms with Crippen LogP contribution in [0.25, 0.3) is 11.1 Å². The third-order valence-electron chi connectivity index (χ3n) is 7.37. The lowest BCUT2D eigenvalue weighted by molar-refractivity contribution is -0.268. The number of thioether (sulfide) groups is 1. The van der Waals surface area contributed by atoms with Crippen LogP contribution in [0.3, 0.4) is 0 Å². The molecule has 0 amide bonds. The van der Waals surface area contributed by atoms with Crippen LogP contribution in [0.2, 0.25) is 0 Å². The Morgan fingerprint density at radius 1 is 0.875 bits per heavy atom. The first-order chi connectivity index (χ1) is 19.5. The molecular formula is C33H33NO5S. The quantitative estimate of drug-likeness (QED) is 0.200. The number of carboxylic acids is 1. The molecule has 0 aromatic heterocycles. The van der Waals surface area contributed by atoms with Gasteiger partial charge in [0.1, 0.15) is 0 Å². The van der Waals surface area contributed by atoms with Gasteiger partial charge in [-0.15, -0.1) is 11.8 Å². The lowest BCUT2D eigenvalue weighted by Crippen LogP contribution is -2.38. The van der Waals surface area contributed by atoms with Crippen molar-refractivity contribution in [3.05, 3.63) is 125 Å². The van der Waals surface area contributed by atoms with Gasteiger partial charge < -0.3 is 25.4 Å². The summed E-state index contributed by atoms with van der Waals surface area (Å²) in [5, 5.41) is 18.7. The molecule has 4 unspecified atom stereocenters. The largest absolute Gasteiger partial charge is 0.478 e. The first-order valence-corrected chi connectivity index (χ1v) is 14.3. The van der Waals surface area contributed by atoms with E-state index in [0.717, 1.165) is 38.3 Å². The summed E-state index contributed by atoms with van der Waals surface area (Å²) >= 11 is 1.64. The van der Waals surface area contributed by atoms with Gasteiger partial charge in [-0.2, -0.15) is 0 Å². The second-order valence-corrected chi connectivity index (χ2v) is 11.0. The summed E-state index contributed by atoms with van der Waals surface area (Å²) in [6.07, 6.45) is -0.885. The van der Waals surface area contributed by atoms with Gasteiger partial charge in [0.15, 0.2) is 6.29 Å². The zero-order valence-electron chi connectivity index (χ0n) is 22.3. The highest BCUT2D eigenvalue weighted by molar-refractivity contribution is 7.99. The van der Waals surface area contributed by atoms with Crippen LogP contribution in [-0.4, -0.2) is 28.0 Å². The highest BCUT2D eigenvalue weighted by Gasteiger charge is 2.38. The van der Waals surface area contributed by atoms with E-state index in [-0.39, 0.29) is 30.3 Å². The Morgan fingerprint density at radius 3 is 2.20 bits per heavy atom. The van der Waals surface area contributed by atoms with E-state index in [2.05, 4.69) is 25.1 Å². The monoisotopic (exact) mass is 555 g/mol. The van der Waals surface area contributed by atoms with Gasteiger partial charge >= 0.3 is 5.97 Å². The van der Waals surface area contributed by atoms with E-state index in [1.165, 1.54) is 0 Å². The van der Waals surface area contributed by atoms with Gasteiger partial charge in [0.05, 0.1) is 24.4 Å². The highest BCUT2D eigenvalue weighted by Crippen LogP contribution is 2.43. The van der Waals surface area contributed by atoms with Crippen molar-refractivity contribution in [3.8, 4) is 11.1 Å². The molecule has 4 N–H and O–H groups in total. The standard InChI is InChI=1S/C33H33NO5S/c1-21-30(20-40-28-16-14-25(15-17-28)32(36)37)38-33(39-31(21)24-8-6-22(19-35)7-9-24)26-12-10-23(11-13-26)29-5-3-2-4-27(29)18-34/h2-17,21,30-31,33,35H,18-20,34H2,1H3,(H,36,37). The molecule has 4 aromatic carbocycles. The molecule has 1 aliphatic rings. The molecule has 0 radical (unpaired) electrons. The van der Waals surface area contributed by atoms with Gasteiger partial charge in [-0.05, 0) is 52.1 Å². The van der Waals surface area contributed by atoms with Gasteiger partial charge in [-0.3, -0.25) is 0 Å². The minimum absolute atomic E-state index is 0.00728. The topological polar surface area (TPSA) is 102 Å². The molecule has 40 heavy (non-hydrogen) atoms. The molecule has 4 aromatic rings. The highest BCUT2D eigenvalue weighted by atomic mass is 32.2. The Balaban J connectivity index is 1.39. The number of ether oxygens (including phenoxy) is 2. The minimum atomic E-state index is -0.937. The molecule has 6 nitrogen and oxygen atoms in total. The molecule has 1 saturated heterocycles. The van der Waals surface area contributed by atoms with Gasteiger partial charge in [-0.25, -0.2) is 4.79 Å². The van der Waals surface area contributed by atoms with Crippen molar-refractivity contribution in [1.82, 2.24) is 0 Å². The van der Waals surface area contributed by atoms with E-state index in [4.69, 9.17) is 15.2 Å². The molecule has 1 fully saturated rings. The third kappa shape index (κ3) is 6.30. The van der Waals surface area contributed by atoms with Crippen LogP contribution in [0, 0.1) is 5.92 Å². The zero-order valence-corrected chi connectivity index (χ0v) is 23.1. The first-order valence-electron chi connectivity index (χ1n) is 13.3. The van der Waals surface area contributed by atoms with Gasteiger partial charge in [0.25, 0.3) is 0 Å². The summed E-state index contributed by atoms with van der Waals surface area (Å²) in [6, 6.07) is 31.2. The average molecular weight is 556 g/mol. The predicted octanol–water partition coefficient (Wildman–Crippen LogP) is 6.59. The average Bonchev–Trinajstić information content (AvgIpc) is 3.01. The van der Waals surface area contributed by atoms with E-state index in [0.29, 0.717) is 12.3 Å². The SMILES string of the molecule is CC1C(CSc2ccc(C(=O)O)cc2)OC(c2ccc(-c3ccccc3CN)cc2)OC1c1ccc(CO)cc1. The van der Waals surface area contributed by atoms with Crippen LogP contribution in [0.1, 0.15) is 51.9 Å². The fourth-order valence-electron chi connectivity index (χ4n) is 4.98. The fraction of sp³-hybridized carbons (Fsp3) is 0.242. The van der Waals surface area contributed by atoms with Crippen LogP contribution in [0.5, 0.6) is 0 Å². The number of hydrogen-bond donors (Lipinski definition) is 3. The number of carboxylic acid groups (broad SMARTS) is 1. The van der Waals surface area contributed by atoms with Crippen molar-refractivity contribution in [1.29, 1.82) is 0 Å². The van der Waals surface area contributed by atoms with Crippen LogP contribution >= 0.6 is 11.8 Å². The number of rotatable bonds is 9. The summed E-state index contributed by atoms with van der Waals surface area (Å²) < 4.78 is 13.1. The van der Waals surface area contributed by atoms with Gasteiger partial charge in [0, 0.05) is 28.7 Å². The Hall–Kier alpha value is -3.46. The number of aromatic carboxylic acids is 1. The van der Waals surface area contributed by atoms with Crippen LogP contribution in [0.4, 0.5) is 0 Å². The van der Waals surface area contributed by atoms with E-state index < -0.39 is 12.3 Å². The summed E-state index contributed by atoms with van der Waals surface area (Å²) in [5.74, 6) is -0.202. The number of nitrogens with two attached hydrogens (primary N) is 1. The third-order valence-corrected chi connectivity index (χ3v) is 8.47. The predicted molar refractivity (Wildman–Crippen MR) is 157 cm³/mol. The summed E-state index contributed by atoms with van der Waals surface area (Å²) in [7, 11) is 0. The smallest absolute Gasteiger partial charge is 0.335 e. The summed E-state index contributed by atoms with van der Waals surface area (Å²) in [4.78, 5) is 12.2. The first kappa shape index (κ1) is 28.1. The van der Waals surface area contributed by atoms with Crippen molar-refractivity contribution in [3.63, 3.8) is 0 Å². The second-order valence-electron chi connectivity index (χ2n) is 9.95. The molecule has 1 heterocycles. The van der Waals surface area contributed by atoms with Crippen molar-refractivity contribution >= 4 is 17.7 Å². The number of aliphatic hydroxyl groups excluding tert-OH is 1. The lowest BCUT2D eigenvalue weighted by atomic mass is 9.91. The van der Waals surface area contributed by atoms with Gasteiger partial charge in [-0.1, -0.05) is 79.7 Å². The molecule has 0 aliphatic carbocycles. The second kappa shape index (κ2) is 12.8. The maximum Gasteiger partial charge on any atom is 0.335 e. The Labute approximate surface area is 238 Å². The molecule has 5 rings (SSSR count). The Bertz CT molecular complexity index is 1420. The number of aliphatic hydroxyl groups is 1. The minimum Gasteiger partial charge on any atom is -0.478 e. The molecular weight excluding hydrogens is 522 g/mol. The van der Waals surface area contributed by atoms with Gasteiger partial charge in [0.2, 0.25) is 0 Å². The number of hydrogen-bond acceptors (Lipinski definition) is 6. The van der Waals surface area contributed by atoms with E-state index >= 15 is 0 Å². The van der Waals surface area contributed by atoms with Crippen LogP contribution in [-0.2, 0) is 22.6 Å². The summed E-state index contributed by atoms with van der Waals surface area (Å²) in [6.45, 7) is 2.60. The van der Waals surface area contributed by atoms with E-state index in [9.17, 15) is 15.0 Å². The van der Waals surface area contributed by atoms with Crippen molar-refractivity contribution in [2.45, 2.75) is 43.5 Å². The number of carbonyl (C=O) groups is 1. The Kier molecular flexibility index (Phi) is 8.99. The maximum absolute atomic E-state index is 11.2. The van der Waals surface area contributed by atoms with Crippen molar-refractivity contribution < 1.29 is 24.5 Å². The van der Waals surface area contributed by atoms with E-state index in [1.807, 2.05) is 66.7 Å². The molecule has 0 saturated carbocycles.